The van der Waals surface area contributed by atoms with E-state index < -0.39 is 10.0 Å². The number of rotatable bonds is 6. The lowest BCUT2D eigenvalue weighted by Gasteiger charge is -2.25. The third-order valence-electron chi connectivity index (χ3n) is 5.62. The van der Waals surface area contributed by atoms with Crippen molar-refractivity contribution in [2.45, 2.75) is 44.2 Å². The van der Waals surface area contributed by atoms with E-state index in [1.54, 1.807) is 30.3 Å². The molecule has 1 N–H and O–H groups in total. The van der Waals surface area contributed by atoms with E-state index in [1.807, 2.05) is 26.0 Å². The molecule has 2 heterocycles. The highest BCUT2D eigenvalue weighted by molar-refractivity contribution is 9.10. The lowest BCUT2D eigenvalue weighted by molar-refractivity contribution is 0.0925. The monoisotopic (exact) mass is 504 g/mol. The zero-order valence-corrected chi connectivity index (χ0v) is 19.9. The van der Waals surface area contributed by atoms with Crippen LogP contribution in [-0.4, -0.2) is 37.0 Å². The van der Waals surface area contributed by atoms with Crippen LogP contribution in [0.25, 0.3) is 10.9 Å². The van der Waals surface area contributed by atoms with Gasteiger partial charge in [-0.25, -0.2) is 8.42 Å². The highest BCUT2D eigenvalue weighted by Gasteiger charge is 2.31. The van der Waals surface area contributed by atoms with E-state index in [-0.39, 0.29) is 29.6 Å². The Balaban J connectivity index is 1.77. The summed E-state index contributed by atoms with van der Waals surface area (Å²) >= 11 is 3.36. The van der Waals surface area contributed by atoms with E-state index >= 15 is 0 Å². The number of pyridine rings is 1. The number of aromatic nitrogens is 1. The fourth-order valence-electron chi connectivity index (χ4n) is 4.08. The molecule has 31 heavy (non-hydrogen) atoms. The van der Waals surface area contributed by atoms with E-state index in [1.165, 1.54) is 4.31 Å². The van der Waals surface area contributed by atoms with E-state index in [9.17, 15) is 13.2 Å². The van der Waals surface area contributed by atoms with Crippen LogP contribution in [0.5, 0.6) is 0 Å². The Hall–Kier alpha value is -2.00. The first kappa shape index (κ1) is 22.2. The van der Waals surface area contributed by atoms with Crippen molar-refractivity contribution in [2.24, 2.45) is 0 Å². The van der Waals surface area contributed by atoms with Gasteiger partial charge in [0, 0.05) is 40.6 Å². The van der Waals surface area contributed by atoms with Crippen LogP contribution in [-0.2, 0) is 21.3 Å². The Bertz CT molecular complexity index is 1280. The van der Waals surface area contributed by atoms with Gasteiger partial charge in [0.05, 0.1) is 11.0 Å². The molecule has 6 nitrogen and oxygen atoms in total. The largest absolute Gasteiger partial charge is 0.377 e. The van der Waals surface area contributed by atoms with E-state index in [0.29, 0.717) is 16.6 Å². The number of fused-ring (bicyclic) bond motifs is 1. The molecule has 0 spiro atoms. The normalized spacial score (nSPS) is 17.0. The molecular weight excluding hydrogens is 480 g/mol. The average molecular weight is 505 g/mol. The topological polar surface area (TPSA) is 79.5 Å². The predicted molar refractivity (Wildman–Crippen MR) is 125 cm³/mol. The SMILES string of the molecule is Cc1cc(C)c2cc(CN(CC3CCCO3)S(=O)(=O)c3ccccc3Br)c(=O)[nH]c2c1. The zero-order valence-electron chi connectivity index (χ0n) is 17.5. The van der Waals surface area contributed by atoms with Crippen LogP contribution >= 0.6 is 15.9 Å². The number of aryl methyl sites for hydroxylation is 2. The number of hydrogen-bond acceptors (Lipinski definition) is 4. The maximum absolute atomic E-state index is 13.6. The van der Waals surface area contributed by atoms with Crippen molar-refractivity contribution in [1.82, 2.24) is 9.29 Å². The van der Waals surface area contributed by atoms with E-state index in [4.69, 9.17) is 4.74 Å². The number of hydrogen-bond donors (Lipinski definition) is 1. The number of aromatic amines is 1. The van der Waals surface area contributed by atoms with Gasteiger partial charge in [-0.05, 0) is 78.0 Å². The standard InChI is InChI=1S/C23H25BrN2O4S/c1-15-10-16(2)19-12-17(23(27)25-21(19)11-15)13-26(14-18-6-5-9-30-18)31(28,29)22-8-4-3-7-20(22)24/h3-4,7-8,10-12,18H,5-6,9,13-14H2,1-2H3,(H,25,27). The van der Waals surface area contributed by atoms with Gasteiger partial charge in [0.25, 0.3) is 5.56 Å². The summed E-state index contributed by atoms with van der Waals surface area (Å²) in [6.07, 6.45) is 1.53. The number of halogens is 1. The Kier molecular flexibility index (Phi) is 6.35. The van der Waals surface area contributed by atoms with Crippen molar-refractivity contribution < 1.29 is 13.2 Å². The lowest BCUT2D eigenvalue weighted by Crippen LogP contribution is -2.38. The predicted octanol–water partition coefficient (Wildman–Crippen LogP) is 4.28. The number of ether oxygens (including phenoxy) is 1. The quantitative estimate of drug-likeness (QED) is 0.543. The van der Waals surface area contributed by atoms with Crippen molar-refractivity contribution >= 4 is 36.9 Å². The minimum Gasteiger partial charge on any atom is -0.377 e. The fourth-order valence-corrected chi connectivity index (χ4v) is 6.49. The molecule has 1 atom stereocenters. The van der Waals surface area contributed by atoms with Gasteiger partial charge in [-0.1, -0.05) is 18.2 Å². The van der Waals surface area contributed by atoms with Gasteiger partial charge < -0.3 is 9.72 Å². The molecule has 2 aromatic carbocycles. The van der Waals surface area contributed by atoms with Gasteiger partial charge in [0.2, 0.25) is 10.0 Å². The maximum Gasteiger partial charge on any atom is 0.252 e. The molecule has 0 amide bonds. The molecule has 3 aromatic rings. The molecule has 1 aliphatic heterocycles. The molecule has 1 saturated heterocycles. The molecule has 1 aliphatic rings. The van der Waals surface area contributed by atoms with Crippen molar-refractivity contribution in [3.8, 4) is 0 Å². The molecule has 0 saturated carbocycles. The highest BCUT2D eigenvalue weighted by Crippen LogP contribution is 2.28. The van der Waals surface area contributed by atoms with Crippen LogP contribution in [0.4, 0.5) is 0 Å². The zero-order chi connectivity index (χ0) is 22.2. The summed E-state index contributed by atoms with van der Waals surface area (Å²) < 4.78 is 34.7. The van der Waals surface area contributed by atoms with Gasteiger partial charge in [0.1, 0.15) is 0 Å². The summed E-state index contributed by atoms with van der Waals surface area (Å²) in [6.45, 7) is 4.77. The summed E-state index contributed by atoms with van der Waals surface area (Å²) in [5, 5.41) is 0.913. The van der Waals surface area contributed by atoms with Crippen molar-refractivity contribution in [2.75, 3.05) is 13.2 Å². The van der Waals surface area contributed by atoms with E-state index in [0.717, 1.165) is 34.9 Å². The van der Waals surface area contributed by atoms with Crippen LogP contribution < -0.4 is 5.56 Å². The lowest BCUT2D eigenvalue weighted by atomic mass is 10.0. The average Bonchev–Trinajstić information content (AvgIpc) is 3.21. The number of nitrogens with one attached hydrogen (secondary N) is 1. The highest BCUT2D eigenvalue weighted by atomic mass is 79.9. The molecule has 4 rings (SSSR count). The molecule has 0 bridgehead atoms. The Morgan fingerprint density at radius 3 is 2.68 bits per heavy atom. The first-order chi connectivity index (χ1) is 14.8. The number of H-pyrrole nitrogens is 1. The smallest absolute Gasteiger partial charge is 0.252 e. The molecule has 0 radical (unpaired) electrons. The number of sulfonamides is 1. The number of nitrogens with zero attached hydrogens (tertiary/aromatic N) is 1. The first-order valence-electron chi connectivity index (χ1n) is 10.2. The second-order valence-electron chi connectivity index (χ2n) is 8.03. The van der Waals surface area contributed by atoms with Crippen LogP contribution in [0.15, 0.2) is 56.6 Å². The Morgan fingerprint density at radius 1 is 1.19 bits per heavy atom. The van der Waals surface area contributed by atoms with Gasteiger partial charge in [0.15, 0.2) is 0 Å². The van der Waals surface area contributed by atoms with Crippen LogP contribution in [0.1, 0.15) is 29.5 Å². The van der Waals surface area contributed by atoms with Gasteiger partial charge in [-0.3, -0.25) is 4.79 Å². The summed E-state index contributed by atoms with van der Waals surface area (Å²) in [7, 11) is -3.85. The van der Waals surface area contributed by atoms with Crippen molar-refractivity contribution in [1.29, 1.82) is 0 Å². The Morgan fingerprint density at radius 2 is 1.97 bits per heavy atom. The third kappa shape index (κ3) is 4.62. The molecule has 1 fully saturated rings. The van der Waals surface area contributed by atoms with Crippen molar-refractivity contribution in [3.63, 3.8) is 0 Å². The van der Waals surface area contributed by atoms with Crippen LogP contribution in [0, 0.1) is 13.8 Å². The number of benzene rings is 2. The third-order valence-corrected chi connectivity index (χ3v) is 8.45. The maximum atomic E-state index is 13.6. The van der Waals surface area contributed by atoms with Crippen LogP contribution in [0.3, 0.4) is 0 Å². The summed E-state index contributed by atoms with van der Waals surface area (Å²) in [6, 6.07) is 12.5. The van der Waals surface area contributed by atoms with Gasteiger partial charge in [-0.2, -0.15) is 4.31 Å². The molecular formula is C23H25BrN2O4S. The second kappa shape index (κ2) is 8.86. The minimum absolute atomic E-state index is 0.0257. The fraction of sp³-hybridized carbons (Fsp3) is 0.348. The summed E-state index contributed by atoms with van der Waals surface area (Å²) in [5.41, 5.74) is 2.98. The molecule has 0 aliphatic carbocycles. The minimum atomic E-state index is -3.85. The Labute approximate surface area is 190 Å². The molecule has 164 valence electrons. The summed E-state index contributed by atoms with van der Waals surface area (Å²) in [5.74, 6) is 0. The summed E-state index contributed by atoms with van der Waals surface area (Å²) in [4.78, 5) is 15.9. The van der Waals surface area contributed by atoms with Crippen LogP contribution in [0.2, 0.25) is 0 Å². The molecule has 1 aromatic heterocycles. The van der Waals surface area contributed by atoms with Gasteiger partial charge >= 0.3 is 0 Å². The van der Waals surface area contributed by atoms with Crippen molar-refractivity contribution in [3.05, 3.63) is 74.0 Å². The van der Waals surface area contributed by atoms with Gasteiger partial charge in [-0.15, -0.1) is 0 Å². The van der Waals surface area contributed by atoms with E-state index in [2.05, 4.69) is 20.9 Å². The second-order valence-corrected chi connectivity index (χ2v) is 10.8. The first-order valence-corrected chi connectivity index (χ1v) is 12.5. The molecule has 1 unspecified atom stereocenters. The molecule has 8 heteroatoms.